The first-order chi connectivity index (χ1) is 22.1. The van der Waals surface area contributed by atoms with Crippen LogP contribution in [-0.4, -0.2) is 106 Å². The van der Waals surface area contributed by atoms with Gasteiger partial charge in [0.1, 0.15) is 49.6 Å². The van der Waals surface area contributed by atoms with Crippen LogP contribution in [0.15, 0.2) is 48.6 Å². The molecule has 4 bridgehead atoms. The van der Waals surface area contributed by atoms with Gasteiger partial charge in [-0.3, -0.25) is 0 Å². The van der Waals surface area contributed by atoms with E-state index in [1.165, 1.54) is 11.1 Å². The van der Waals surface area contributed by atoms with E-state index in [4.69, 9.17) is 9.47 Å². The van der Waals surface area contributed by atoms with Crippen LogP contribution < -0.4 is 9.47 Å². The molecule has 238 valence electrons. The van der Waals surface area contributed by atoms with E-state index in [0.717, 1.165) is 72.0 Å². The summed E-state index contributed by atoms with van der Waals surface area (Å²) in [4.78, 5) is 0. The highest BCUT2D eigenvalue weighted by molar-refractivity contribution is 5.62. The average Bonchev–Trinajstić information content (AvgIpc) is 3.59. The number of aromatic hydroxyl groups is 2. The molecule has 2 aromatic carbocycles. The number of phenols is 2. The minimum absolute atomic E-state index is 0.178. The molecule has 4 N–H and O–H groups in total. The lowest BCUT2D eigenvalue weighted by molar-refractivity contribution is -0.939. The van der Waals surface area contributed by atoms with Crippen molar-refractivity contribution in [3.63, 3.8) is 0 Å². The SMILES string of the molecule is C[N+]1(CC#CC[N+]2(C)CC[C@]34c5c6ccc(O)c5O[C@H]3[C@@H](O)C=C[C@H]4[C@H]2C6)CC[C@]23c4c5ccc(O)c4O[C@H]2[C@@H](O)C=C[C@H]3[C@H]1C5. The second-order valence-electron chi connectivity index (χ2n) is 16.0. The van der Waals surface area contributed by atoms with Crippen molar-refractivity contribution in [2.45, 2.75) is 73.0 Å². The number of piperidine rings is 2. The summed E-state index contributed by atoms with van der Waals surface area (Å²) in [7, 11) is 4.71. The lowest BCUT2D eigenvalue weighted by Gasteiger charge is -2.59. The maximum absolute atomic E-state index is 11.0. The van der Waals surface area contributed by atoms with E-state index in [1.807, 2.05) is 12.2 Å². The maximum atomic E-state index is 11.0. The van der Waals surface area contributed by atoms with Crippen LogP contribution in [0.5, 0.6) is 23.0 Å². The summed E-state index contributed by atoms with van der Waals surface area (Å²) >= 11 is 0. The molecule has 10 rings (SSSR count). The predicted octanol–water partition coefficient (Wildman–Crippen LogP) is 2.44. The van der Waals surface area contributed by atoms with E-state index in [2.05, 4.69) is 50.2 Å². The van der Waals surface area contributed by atoms with Gasteiger partial charge in [0, 0.05) is 48.6 Å². The van der Waals surface area contributed by atoms with Crippen LogP contribution >= 0.6 is 0 Å². The second-order valence-corrected chi connectivity index (χ2v) is 16.0. The summed E-state index contributed by atoms with van der Waals surface area (Å²) in [5.74, 6) is 9.32. The maximum Gasteiger partial charge on any atom is 0.165 e. The zero-order valence-corrected chi connectivity index (χ0v) is 26.4. The quantitative estimate of drug-likeness (QED) is 0.234. The van der Waals surface area contributed by atoms with Crippen molar-refractivity contribution >= 4 is 0 Å². The minimum Gasteiger partial charge on any atom is -0.504 e. The Balaban J connectivity index is 0.947. The van der Waals surface area contributed by atoms with Crippen molar-refractivity contribution in [1.82, 2.24) is 0 Å². The van der Waals surface area contributed by atoms with Crippen LogP contribution in [0.4, 0.5) is 0 Å². The van der Waals surface area contributed by atoms with Gasteiger partial charge in [-0.25, -0.2) is 0 Å². The third kappa shape index (κ3) is 3.07. The van der Waals surface area contributed by atoms with Gasteiger partial charge in [0.05, 0.1) is 38.0 Å². The Labute approximate surface area is 269 Å². The summed E-state index contributed by atoms with van der Waals surface area (Å²) < 4.78 is 14.4. The van der Waals surface area contributed by atoms with Crippen LogP contribution in [0.25, 0.3) is 0 Å². The molecule has 8 nitrogen and oxygen atoms in total. The van der Waals surface area contributed by atoms with Crippen LogP contribution in [-0.2, 0) is 23.7 Å². The third-order valence-electron chi connectivity index (χ3n) is 14.1. The van der Waals surface area contributed by atoms with Gasteiger partial charge >= 0.3 is 0 Å². The molecule has 0 amide bonds. The molecule has 2 saturated heterocycles. The first-order valence-electron chi connectivity index (χ1n) is 17.0. The first-order valence-corrected chi connectivity index (χ1v) is 17.0. The molecule has 2 spiro atoms. The molecule has 2 fully saturated rings. The number of nitrogens with zero attached hydrogens (tertiary/aromatic N) is 2. The van der Waals surface area contributed by atoms with Crippen molar-refractivity contribution in [2.75, 3.05) is 40.3 Å². The largest absolute Gasteiger partial charge is 0.504 e. The topological polar surface area (TPSA) is 99.4 Å². The predicted molar refractivity (Wildman–Crippen MR) is 170 cm³/mol. The molecule has 2 unspecified atom stereocenters. The van der Waals surface area contributed by atoms with Gasteiger partial charge in [-0.05, 0) is 35.1 Å². The van der Waals surface area contributed by atoms with Gasteiger partial charge in [-0.15, -0.1) is 0 Å². The van der Waals surface area contributed by atoms with Gasteiger partial charge in [0.2, 0.25) is 0 Å². The Morgan fingerprint density at radius 3 is 1.57 bits per heavy atom. The van der Waals surface area contributed by atoms with E-state index in [-0.39, 0.29) is 46.4 Å². The summed E-state index contributed by atoms with van der Waals surface area (Å²) in [6.07, 6.45) is 9.79. The van der Waals surface area contributed by atoms with E-state index in [9.17, 15) is 20.4 Å². The fourth-order valence-electron chi connectivity index (χ4n) is 11.9. The molecule has 8 aliphatic rings. The fourth-order valence-corrected chi connectivity index (χ4v) is 11.9. The van der Waals surface area contributed by atoms with Crippen LogP contribution in [0.1, 0.15) is 35.1 Å². The van der Waals surface area contributed by atoms with E-state index in [1.54, 1.807) is 12.1 Å². The number of phenolic OH excluding ortho intramolecular Hbond substituents is 2. The number of rotatable bonds is 2. The van der Waals surface area contributed by atoms with Gasteiger partial charge in [0.25, 0.3) is 0 Å². The fraction of sp³-hybridized carbons (Fsp3) is 0.526. The Morgan fingerprint density at radius 2 is 1.13 bits per heavy atom. The second kappa shape index (κ2) is 8.70. The van der Waals surface area contributed by atoms with E-state index >= 15 is 0 Å². The number of aliphatic hydroxyl groups excluding tert-OH is 2. The number of ether oxygens (including phenoxy) is 2. The highest BCUT2D eigenvalue weighted by atomic mass is 16.5. The summed E-state index contributed by atoms with van der Waals surface area (Å²) in [6.45, 7) is 3.44. The van der Waals surface area contributed by atoms with Gasteiger partial charge in [-0.1, -0.05) is 36.4 Å². The molecule has 8 heteroatoms. The molecular weight excluding hydrogens is 580 g/mol. The standard InChI is InChI=1S/C38H40N2O6/c1-39(17-13-37-23-7-11-29(43)35(37)45-33-27(41)9-5-21(31(33)37)19-25(23)39)15-3-4-16-40(2)18-14-38-24-8-12-30(44)36(38)46-34-28(42)10-6-22(32(34)38)20-26(24)40/h5-12,23-26,29-30,35-36,43-44H,13-20H2,1-2H3/p+2/t23-,24-,25+,26+,29-,30-,35-,36-,37-,38-,39?,40?/m0/s1. The Bertz CT molecular complexity index is 1710. The minimum atomic E-state index is -0.683. The molecule has 4 aliphatic heterocycles. The monoisotopic (exact) mass is 622 g/mol. The number of hydrogen-bond acceptors (Lipinski definition) is 6. The lowest BCUT2D eigenvalue weighted by atomic mass is 9.52. The number of hydrogen-bond donors (Lipinski definition) is 4. The Kier molecular flexibility index (Phi) is 5.22. The zero-order valence-electron chi connectivity index (χ0n) is 26.4. The van der Waals surface area contributed by atoms with Crippen LogP contribution in [0.3, 0.4) is 0 Å². The van der Waals surface area contributed by atoms with Crippen molar-refractivity contribution in [2.24, 2.45) is 11.8 Å². The molecular formula is C38H42N2O6+2. The van der Waals surface area contributed by atoms with Crippen LogP contribution in [0.2, 0.25) is 0 Å². The van der Waals surface area contributed by atoms with Crippen molar-refractivity contribution < 1.29 is 38.9 Å². The smallest absolute Gasteiger partial charge is 0.165 e. The lowest BCUT2D eigenvalue weighted by Crippen LogP contribution is -2.71. The van der Waals surface area contributed by atoms with Gasteiger partial charge in [-0.2, -0.15) is 0 Å². The summed E-state index contributed by atoms with van der Waals surface area (Å²) in [5, 5.41) is 43.4. The Hall–Kier alpha value is -3.48. The molecule has 0 radical (unpaired) electrons. The molecule has 4 aliphatic carbocycles. The molecule has 0 saturated carbocycles. The molecule has 12 atom stereocenters. The number of quaternary nitrogens is 2. The highest BCUT2D eigenvalue weighted by Gasteiger charge is 2.69. The zero-order chi connectivity index (χ0) is 31.4. The molecule has 46 heavy (non-hydrogen) atoms. The number of aliphatic hydroxyl groups is 2. The number of likely N-dealkylation sites (tertiary alicyclic amines) is 2. The Morgan fingerprint density at radius 1 is 0.696 bits per heavy atom. The third-order valence-corrected chi connectivity index (χ3v) is 14.1. The number of benzene rings is 2. The van der Waals surface area contributed by atoms with E-state index in [0.29, 0.717) is 23.6 Å². The summed E-state index contributed by atoms with van der Waals surface area (Å²) in [6, 6.07) is 8.28. The molecule has 4 heterocycles. The number of likely N-dealkylation sites (N-methyl/N-ethyl adjacent to an activating group) is 2. The highest BCUT2D eigenvalue weighted by Crippen LogP contribution is 2.65. The van der Waals surface area contributed by atoms with Gasteiger partial charge in [0.15, 0.2) is 23.0 Å². The van der Waals surface area contributed by atoms with E-state index < -0.39 is 12.2 Å². The molecule has 0 aromatic heterocycles. The molecule has 2 aromatic rings. The van der Waals surface area contributed by atoms with Crippen LogP contribution in [0, 0.1) is 23.7 Å². The normalized spacial score (nSPS) is 45.6. The summed E-state index contributed by atoms with van der Waals surface area (Å²) in [5.41, 5.74) is 4.15. The average molecular weight is 623 g/mol. The first kappa shape index (κ1) is 27.6. The van der Waals surface area contributed by atoms with Gasteiger partial charge < -0.3 is 38.9 Å². The van der Waals surface area contributed by atoms with Crippen molar-refractivity contribution in [1.29, 1.82) is 0 Å². The van der Waals surface area contributed by atoms with Crippen molar-refractivity contribution in [3.8, 4) is 34.8 Å². The van der Waals surface area contributed by atoms with Crippen molar-refractivity contribution in [3.05, 3.63) is 70.8 Å².